The molecular formula is C13H19N5OS. The van der Waals surface area contributed by atoms with Gasteiger partial charge in [-0.2, -0.15) is 0 Å². The fourth-order valence-electron chi connectivity index (χ4n) is 1.72. The minimum absolute atomic E-state index is 0.509. The van der Waals surface area contributed by atoms with Crippen LogP contribution < -0.4 is 5.32 Å². The summed E-state index contributed by atoms with van der Waals surface area (Å²) >= 11 is 1.38. The molecule has 2 rings (SSSR count). The van der Waals surface area contributed by atoms with Crippen LogP contribution in [0.1, 0.15) is 37.5 Å². The number of hydrogen-bond donors (Lipinski definition) is 1. The average molecular weight is 293 g/mol. The predicted octanol–water partition coefficient (Wildman–Crippen LogP) is 3.01. The fourth-order valence-corrected chi connectivity index (χ4v) is 2.53. The molecule has 0 fully saturated rings. The summed E-state index contributed by atoms with van der Waals surface area (Å²) < 4.78 is 5.40. The van der Waals surface area contributed by atoms with Crippen LogP contribution in [0.25, 0.3) is 0 Å². The third kappa shape index (κ3) is 3.47. The Labute approximate surface area is 122 Å². The van der Waals surface area contributed by atoms with Crippen molar-refractivity contribution in [3.8, 4) is 0 Å². The van der Waals surface area contributed by atoms with Gasteiger partial charge in [0, 0.05) is 25.5 Å². The monoisotopic (exact) mass is 293 g/mol. The highest BCUT2D eigenvalue weighted by molar-refractivity contribution is 7.99. The fraction of sp³-hybridized carbons (Fsp3) is 0.538. The van der Waals surface area contributed by atoms with Crippen LogP contribution in [0.15, 0.2) is 14.7 Å². The number of hydrogen-bond acceptors (Lipinski definition) is 7. The van der Waals surface area contributed by atoms with E-state index >= 15 is 0 Å². The summed E-state index contributed by atoms with van der Waals surface area (Å²) in [5.41, 5.74) is 1.01. The lowest BCUT2D eigenvalue weighted by Gasteiger charge is -2.11. The Morgan fingerprint density at radius 1 is 1.15 bits per heavy atom. The van der Waals surface area contributed by atoms with Gasteiger partial charge in [0.25, 0.3) is 5.22 Å². The molecule has 7 heteroatoms. The van der Waals surface area contributed by atoms with Gasteiger partial charge in [-0.1, -0.05) is 6.92 Å². The van der Waals surface area contributed by atoms with Crippen molar-refractivity contribution in [3.63, 3.8) is 0 Å². The maximum atomic E-state index is 5.40. The third-order valence-electron chi connectivity index (χ3n) is 2.66. The number of nitrogens with one attached hydrogen (secondary N) is 1. The second kappa shape index (κ2) is 6.69. The van der Waals surface area contributed by atoms with Crippen molar-refractivity contribution >= 4 is 17.6 Å². The molecular weight excluding hydrogens is 274 g/mol. The summed E-state index contributed by atoms with van der Waals surface area (Å²) in [6.07, 6.45) is 1.87. The third-order valence-corrected chi connectivity index (χ3v) is 3.59. The summed E-state index contributed by atoms with van der Waals surface area (Å²) in [5, 5.41) is 12.5. The van der Waals surface area contributed by atoms with E-state index in [1.165, 1.54) is 11.8 Å². The summed E-state index contributed by atoms with van der Waals surface area (Å²) in [6, 6.07) is 0. The Kier molecular flexibility index (Phi) is 4.94. The Bertz CT molecular complexity index is 584. The summed E-state index contributed by atoms with van der Waals surface area (Å²) in [4.78, 5) is 9.15. The van der Waals surface area contributed by atoms with Crippen molar-refractivity contribution < 1.29 is 4.42 Å². The smallest absolute Gasteiger partial charge is 0.282 e. The summed E-state index contributed by atoms with van der Waals surface area (Å²) in [7, 11) is 0. The molecule has 0 aliphatic rings. The number of anilines is 1. The molecule has 0 aromatic carbocycles. The highest BCUT2D eigenvalue weighted by Crippen LogP contribution is 2.30. The lowest BCUT2D eigenvalue weighted by atomic mass is 10.3. The molecule has 108 valence electrons. The van der Waals surface area contributed by atoms with Crippen LogP contribution in [0.4, 0.5) is 5.82 Å². The summed E-state index contributed by atoms with van der Waals surface area (Å²) in [5.74, 6) is 2.28. The Hall–Kier alpha value is -1.63. The standard InChI is InChI=1S/C13H19N5OS/c1-5-7-10-15-11(14-6-2)8(3)12(16-10)20-13-18-17-9(4)19-13/h5-7H2,1-4H3,(H,14,15,16). The Morgan fingerprint density at radius 2 is 1.95 bits per heavy atom. The maximum absolute atomic E-state index is 5.40. The van der Waals surface area contributed by atoms with Gasteiger partial charge < -0.3 is 9.73 Å². The molecule has 0 radical (unpaired) electrons. The van der Waals surface area contributed by atoms with Gasteiger partial charge in [-0.3, -0.25) is 0 Å². The summed E-state index contributed by atoms with van der Waals surface area (Å²) in [6.45, 7) is 8.77. The zero-order valence-electron chi connectivity index (χ0n) is 12.2. The average Bonchev–Trinajstić information content (AvgIpc) is 2.81. The normalized spacial score (nSPS) is 10.8. The van der Waals surface area contributed by atoms with Gasteiger partial charge >= 0.3 is 0 Å². The van der Waals surface area contributed by atoms with E-state index in [1.54, 1.807) is 6.92 Å². The van der Waals surface area contributed by atoms with Crippen LogP contribution in [0.3, 0.4) is 0 Å². The van der Waals surface area contributed by atoms with Crippen LogP contribution in [-0.4, -0.2) is 26.7 Å². The lowest BCUT2D eigenvalue weighted by Crippen LogP contribution is -2.07. The largest absolute Gasteiger partial charge is 0.416 e. The molecule has 6 nitrogen and oxygen atoms in total. The van der Waals surface area contributed by atoms with Crippen molar-refractivity contribution in [3.05, 3.63) is 17.3 Å². The lowest BCUT2D eigenvalue weighted by molar-refractivity contribution is 0.429. The molecule has 0 spiro atoms. The topological polar surface area (TPSA) is 76.7 Å². The van der Waals surface area contributed by atoms with Crippen molar-refractivity contribution in [1.29, 1.82) is 0 Å². The Morgan fingerprint density at radius 3 is 2.55 bits per heavy atom. The quantitative estimate of drug-likeness (QED) is 0.820. The molecule has 20 heavy (non-hydrogen) atoms. The number of nitrogens with zero attached hydrogens (tertiary/aromatic N) is 4. The van der Waals surface area contributed by atoms with E-state index in [4.69, 9.17) is 4.42 Å². The van der Waals surface area contributed by atoms with Gasteiger partial charge in [0.2, 0.25) is 5.89 Å². The van der Waals surface area contributed by atoms with Gasteiger partial charge in [0.05, 0.1) is 0 Å². The maximum Gasteiger partial charge on any atom is 0.282 e. The van der Waals surface area contributed by atoms with Gasteiger partial charge in [-0.05, 0) is 32.0 Å². The zero-order chi connectivity index (χ0) is 14.5. The van der Waals surface area contributed by atoms with Gasteiger partial charge in [-0.25, -0.2) is 9.97 Å². The molecule has 0 amide bonds. The second-order valence-corrected chi connectivity index (χ2v) is 5.33. The molecule has 0 aliphatic carbocycles. The molecule has 0 aliphatic heterocycles. The minimum atomic E-state index is 0.509. The van der Waals surface area contributed by atoms with E-state index < -0.39 is 0 Å². The highest BCUT2D eigenvalue weighted by atomic mass is 32.2. The first-order chi connectivity index (χ1) is 9.63. The van der Waals surface area contributed by atoms with Crippen molar-refractivity contribution in [2.75, 3.05) is 11.9 Å². The molecule has 0 bridgehead atoms. The van der Waals surface area contributed by atoms with E-state index in [1.807, 2.05) is 6.92 Å². The first-order valence-electron chi connectivity index (χ1n) is 6.73. The molecule has 0 saturated carbocycles. The van der Waals surface area contributed by atoms with E-state index in [0.29, 0.717) is 11.1 Å². The molecule has 0 saturated heterocycles. The number of rotatable bonds is 6. The van der Waals surface area contributed by atoms with Gasteiger partial charge in [0.1, 0.15) is 16.7 Å². The first kappa shape index (κ1) is 14.8. The van der Waals surface area contributed by atoms with Crippen LogP contribution in [0.5, 0.6) is 0 Å². The minimum Gasteiger partial charge on any atom is -0.416 e. The Balaban J connectivity index is 2.33. The predicted molar refractivity (Wildman–Crippen MR) is 78.1 cm³/mol. The first-order valence-corrected chi connectivity index (χ1v) is 7.55. The van der Waals surface area contributed by atoms with Crippen LogP contribution in [0, 0.1) is 13.8 Å². The number of aryl methyl sites for hydroxylation is 2. The number of aromatic nitrogens is 4. The SMILES string of the molecule is CCCc1nc(NCC)c(C)c(Sc2nnc(C)o2)n1. The van der Waals surface area contributed by atoms with Crippen molar-refractivity contribution in [2.24, 2.45) is 0 Å². The van der Waals surface area contributed by atoms with E-state index in [0.717, 1.165) is 41.6 Å². The van der Waals surface area contributed by atoms with E-state index in [-0.39, 0.29) is 0 Å². The zero-order valence-corrected chi connectivity index (χ0v) is 13.0. The van der Waals surface area contributed by atoms with E-state index in [9.17, 15) is 0 Å². The van der Waals surface area contributed by atoms with E-state index in [2.05, 4.69) is 39.3 Å². The van der Waals surface area contributed by atoms with Gasteiger partial charge in [0.15, 0.2) is 0 Å². The van der Waals surface area contributed by atoms with Gasteiger partial charge in [-0.15, -0.1) is 10.2 Å². The molecule has 1 N–H and O–H groups in total. The van der Waals surface area contributed by atoms with Crippen molar-refractivity contribution in [2.45, 2.75) is 50.8 Å². The highest BCUT2D eigenvalue weighted by Gasteiger charge is 2.14. The molecule has 2 aromatic rings. The molecule has 2 aromatic heterocycles. The van der Waals surface area contributed by atoms with Crippen molar-refractivity contribution in [1.82, 2.24) is 20.2 Å². The molecule has 0 unspecified atom stereocenters. The van der Waals surface area contributed by atoms with Crippen LogP contribution >= 0.6 is 11.8 Å². The second-order valence-electron chi connectivity index (χ2n) is 4.39. The van der Waals surface area contributed by atoms with Crippen LogP contribution in [-0.2, 0) is 6.42 Å². The van der Waals surface area contributed by atoms with Crippen LogP contribution in [0.2, 0.25) is 0 Å². The molecule has 2 heterocycles. The molecule has 0 atom stereocenters.